The van der Waals surface area contributed by atoms with Crippen LogP contribution >= 0.6 is 0 Å². The standard InChI is InChI=1S/C18H20N4O5/c1-11-9-12(17(25)22-5-7-27-8-6-22)3-4-14(11)19-15(23)13-10-21(2)18(26)20-16(13)24/h3-4,9-10H,5-8H2,1-2H3,(H,19,23)(H,20,24,26). The van der Waals surface area contributed by atoms with E-state index in [9.17, 15) is 19.2 Å². The van der Waals surface area contributed by atoms with E-state index in [0.29, 0.717) is 43.1 Å². The van der Waals surface area contributed by atoms with Gasteiger partial charge in [-0.25, -0.2) is 4.79 Å². The fourth-order valence-electron chi connectivity index (χ4n) is 2.80. The van der Waals surface area contributed by atoms with Crippen LogP contribution in [0.25, 0.3) is 0 Å². The number of hydrogen-bond acceptors (Lipinski definition) is 5. The van der Waals surface area contributed by atoms with Crippen molar-refractivity contribution in [1.29, 1.82) is 0 Å². The number of nitrogens with one attached hydrogen (secondary N) is 2. The van der Waals surface area contributed by atoms with E-state index < -0.39 is 17.2 Å². The summed E-state index contributed by atoms with van der Waals surface area (Å²) in [7, 11) is 1.44. The molecule has 0 saturated carbocycles. The minimum atomic E-state index is -0.757. The van der Waals surface area contributed by atoms with Crippen LogP contribution in [0.3, 0.4) is 0 Å². The van der Waals surface area contributed by atoms with Gasteiger partial charge in [0, 0.05) is 37.6 Å². The third-order valence-corrected chi connectivity index (χ3v) is 4.37. The molecule has 9 nitrogen and oxygen atoms in total. The number of H-pyrrole nitrogens is 1. The highest BCUT2D eigenvalue weighted by Gasteiger charge is 2.19. The number of amides is 2. The molecule has 1 saturated heterocycles. The molecule has 0 unspecified atom stereocenters. The molecule has 142 valence electrons. The molecule has 0 aliphatic carbocycles. The number of aryl methyl sites for hydroxylation is 2. The highest BCUT2D eigenvalue weighted by atomic mass is 16.5. The third-order valence-electron chi connectivity index (χ3n) is 4.37. The van der Waals surface area contributed by atoms with Gasteiger partial charge in [-0.05, 0) is 30.7 Å². The lowest BCUT2D eigenvalue weighted by atomic mass is 10.1. The number of aromatic amines is 1. The van der Waals surface area contributed by atoms with Crippen LogP contribution in [-0.4, -0.2) is 52.6 Å². The molecule has 2 amide bonds. The number of anilines is 1. The van der Waals surface area contributed by atoms with E-state index in [0.717, 1.165) is 4.57 Å². The summed E-state index contributed by atoms with van der Waals surface area (Å²) in [5.74, 6) is -0.726. The Balaban J connectivity index is 1.79. The van der Waals surface area contributed by atoms with Crippen molar-refractivity contribution in [3.8, 4) is 0 Å². The molecule has 0 radical (unpaired) electrons. The minimum absolute atomic E-state index is 0.0891. The zero-order valence-electron chi connectivity index (χ0n) is 15.1. The molecule has 1 aliphatic heterocycles. The van der Waals surface area contributed by atoms with Gasteiger partial charge in [0.2, 0.25) is 0 Å². The molecular weight excluding hydrogens is 352 g/mol. The van der Waals surface area contributed by atoms with Crippen molar-refractivity contribution in [3.05, 3.63) is 61.9 Å². The first kappa shape index (κ1) is 18.6. The van der Waals surface area contributed by atoms with E-state index in [4.69, 9.17) is 4.74 Å². The van der Waals surface area contributed by atoms with Crippen molar-refractivity contribution in [2.75, 3.05) is 31.6 Å². The molecule has 1 aromatic heterocycles. The average Bonchev–Trinajstić information content (AvgIpc) is 2.66. The molecule has 3 rings (SSSR count). The van der Waals surface area contributed by atoms with Crippen molar-refractivity contribution >= 4 is 17.5 Å². The number of nitrogens with zero attached hydrogens (tertiary/aromatic N) is 2. The molecule has 1 aromatic carbocycles. The van der Waals surface area contributed by atoms with Gasteiger partial charge in [0.05, 0.1) is 13.2 Å². The van der Waals surface area contributed by atoms with Crippen LogP contribution in [-0.2, 0) is 11.8 Å². The topological polar surface area (TPSA) is 114 Å². The predicted molar refractivity (Wildman–Crippen MR) is 98.2 cm³/mol. The molecule has 2 heterocycles. The second-order valence-corrected chi connectivity index (χ2v) is 6.30. The molecule has 2 N–H and O–H groups in total. The van der Waals surface area contributed by atoms with Crippen molar-refractivity contribution in [3.63, 3.8) is 0 Å². The van der Waals surface area contributed by atoms with Crippen LogP contribution in [0, 0.1) is 6.92 Å². The van der Waals surface area contributed by atoms with Gasteiger partial charge in [-0.15, -0.1) is 0 Å². The molecule has 27 heavy (non-hydrogen) atoms. The van der Waals surface area contributed by atoms with E-state index in [-0.39, 0.29) is 11.5 Å². The van der Waals surface area contributed by atoms with E-state index in [1.165, 1.54) is 13.2 Å². The van der Waals surface area contributed by atoms with Crippen molar-refractivity contribution in [1.82, 2.24) is 14.5 Å². The highest BCUT2D eigenvalue weighted by molar-refractivity contribution is 6.04. The first-order valence-corrected chi connectivity index (χ1v) is 8.46. The quantitative estimate of drug-likeness (QED) is 0.794. The Bertz CT molecular complexity index is 1000. The monoisotopic (exact) mass is 372 g/mol. The first-order valence-electron chi connectivity index (χ1n) is 8.46. The van der Waals surface area contributed by atoms with Crippen LogP contribution in [0.1, 0.15) is 26.3 Å². The van der Waals surface area contributed by atoms with Gasteiger partial charge in [-0.1, -0.05) is 0 Å². The normalized spacial score (nSPS) is 14.1. The van der Waals surface area contributed by atoms with Crippen LogP contribution in [0.2, 0.25) is 0 Å². The number of aromatic nitrogens is 2. The molecule has 1 aliphatic rings. The van der Waals surface area contributed by atoms with Gasteiger partial charge in [-0.2, -0.15) is 0 Å². The van der Waals surface area contributed by atoms with Gasteiger partial charge < -0.3 is 19.5 Å². The van der Waals surface area contributed by atoms with Crippen LogP contribution in [0.15, 0.2) is 34.0 Å². The summed E-state index contributed by atoms with van der Waals surface area (Å²) < 4.78 is 6.37. The van der Waals surface area contributed by atoms with Gasteiger partial charge in [-0.3, -0.25) is 19.4 Å². The fraction of sp³-hybridized carbons (Fsp3) is 0.333. The summed E-state index contributed by atoms with van der Waals surface area (Å²) in [4.78, 5) is 51.9. The van der Waals surface area contributed by atoms with Crippen LogP contribution in [0.4, 0.5) is 5.69 Å². The van der Waals surface area contributed by atoms with E-state index in [2.05, 4.69) is 10.3 Å². The zero-order chi connectivity index (χ0) is 19.6. The maximum atomic E-state index is 12.5. The second kappa shape index (κ2) is 7.58. The molecule has 1 fully saturated rings. The summed E-state index contributed by atoms with van der Waals surface area (Å²) in [5, 5.41) is 2.64. The van der Waals surface area contributed by atoms with Crippen molar-refractivity contribution < 1.29 is 14.3 Å². The molecule has 2 aromatic rings. The highest BCUT2D eigenvalue weighted by Crippen LogP contribution is 2.18. The van der Waals surface area contributed by atoms with E-state index in [1.807, 2.05) is 0 Å². The van der Waals surface area contributed by atoms with Gasteiger partial charge in [0.1, 0.15) is 5.56 Å². The van der Waals surface area contributed by atoms with E-state index >= 15 is 0 Å². The van der Waals surface area contributed by atoms with Gasteiger partial charge in [0.25, 0.3) is 17.4 Å². The number of hydrogen-bond donors (Lipinski definition) is 2. The molecule has 0 spiro atoms. The van der Waals surface area contributed by atoms with E-state index in [1.54, 1.807) is 30.0 Å². The average molecular weight is 372 g/mol. The summed E-state index contributed by atoms with van der Waals surface area (Å²) in [6.45, 7) is 3.90. The number of carbonyl (C=O) groups excluding carboxylic acids is 2. The number of morpholine rings is 1. The molecular formula is C18H20N4O5. The van der Waals surface area contributed by atoms with Gasteiger partial charge >= 0.3 is 5.69 Å². The molecule has 0 bridgehead atoms. The smallest absolute Gasteiger partial charge is 0.328 e. The number of ether oxygens (including phenoxy) is 1. The minimum Gasteiger partial charge on any atom is -0.378 e. The Morgan fingerprint density at radius 1 is 1.19 bits per heavy atom. The third kappa shape index (κ3) is 3.98. The van der Waals surface area contributed by atoms with Crippen LogP contribution < -0.4 is 16.6 Å². The lowest BCUT2D eigenvalue weighted by Crippen LogP contribution is -2.40. The predicted octanol–water partition coefficient (Wildman–Crippen LogP) is 0.107. The Labute approximate surface area is 154 Å². The Morgan fingerprint density at radius 2 is 1.89 bits per heavy atom. The number of benzene rings is 1. The Hall–Kier alpha value is -3.20. The maximum Gasteiger partial charge on any atom is 0.328 e. The SMILES string of the molecule is Cc1cc(C(=O)N2CCOCC2)ccc1NC(=O)c1cn(C)c(=O)[nH]c1=O. The molecule has 9 heteroatoms. The maximum absolute atomic E-state index is 12.5. The van der Waals surface area contributed by atoms with Gasteiger partial charge in [0.15, 0.2) is 0 Å². The summed E-state index contributed by atoms with van der Waals surface area (Å²) in [6, 6.07) is 4.95. The van der Waals surface area contributed by atoms with Crippen molar-refractivity contribution in [2.45, 2.75) is 6.92 Å². The fourth-order valence-corrected chi connectivity index (χ4v) is 2.80. The second-order valence-electron chi connectivity index (χ2n) is 6.30. The molecule has 0 atom stereocenters. The summed E-state index contributed by atoms with van der Waals surface area (Å²) in [6.07, 6.45) is 1.18. The Morgan fingerprint density at radius 3 is 2.56 bits per heavy atom. The number of carbonyl (C=O) groups is 2. The number of rotatable bonds is 3. The largest absolute Gasteiger partial charge is 0.378 e. The van der Waals surface area contributed by atoms with Crippen molar-refractivity contribution in [2.24, 2.45) is 7.05 Å². The first-order chi connectivity index (χ1) is 12.9. The summed E-state index contributed by atoms with van der Waals surface area (Å²) >= 11 is 0. The summed E-state index contributed by atoms with van der Waals surface area (Å²) in [5.41, 5.74) is 0.152. The zero-order valence-corrected chi connectivity index (χ0v) is 15.1. The Kier molecular flexibility index (Phi) is 5.22. The van der Waals surface area contributed by atoms with Crippen LogP contribution in [0.5, 0.6) is 0 Å². The lowest BCUT2D eigenvalue weighted by molar-refractivity contribution is 0.0303. The lowest BCUT2D eigenvalue weighted by Gasteiger charge is -2.27.